The highest BCUT2D eigenvalue weighted by atomic mass is 35.5. The van der Waals surface area contributed by atoms with Crippen LogP contribution in [0, 0.1) is 0 Å². The minimum atomic E-state index is -0.355. The number of rotatable bonds is 7. The Morgan fingerprint density at radius 3 is 2.55 bits per heavy atom. The maximum Gasteiger partial charge on any atom is 0.323 e. The first-order chi connectivity index (χ1) is 15.1. The zero-order chi connectivity index (χ0) is 21.6. The second kappa shape index (κ2) is 9.36. The number of aromatic nitrogens is 4. The molecule has 9 heteroatoms. The fourth-order valence-electron chi connectivity index (χ4n) is 3.08. The Kier molecular flexibility index (Phi) is 6.18. The van der Waals surface area contributed by atoms with Crippen LogP contribution < -0.4 is 15.4 Å². The molecule has 0 bridgehead atoms. The summed E-state index contributed by atoms with van der Waals surface area (Å²) >= 11 is 5.89. The number of urea groups is 1. The van der Waals surface area contributed by atoms with E-state index in [1.54, 1.807) is 53.7 Å². The Balaban J connectivity index is 1.50. The molecule has 2 N–H and O–H groups in total. The molecular weight excluding hydrogens is 416 g/mol. The number of nitrogens with zero attached hydrogens (tertiary/aromatic N) is 4. The Labute approximate surface area is 184 Å². The van der Waals surface area contributed by atoms with Crippen LogP contribution in [0.4, 0.5) is 16.2 Å². The highest BCUT2D eigenvalue weighted by Crippen LogP contribution is 2.32. The average Bonchev–Trinajstić information content (AvgIpc) is 3.42. The number of benzene rings is 2. The number of amides is 2. The molecule has 2 aromatic heterocycles. The molecule has 4 rings (SSSR count). The van der Waals surface area contributed by atoms with Crippen LogP contribution in [0.15, 0.2) is 73.4 Å². The van der Waals surface area contributed by atoms with Crippen molar-refractivity contribution in [2.75, 3.05) is 17.2 Å². The maximum absolute atomic E-state index is 12.4. The van der Waals surface area contributed by atoms with Crippen LogP contribution in [0.5, 0.6) is 5.75 Å². The van der Waals surface area contributed by atoms with Gasteiger partial charge in [-0.1, -0.05) is 11.6 Å². The number of hydrogen-bond donors (Lipinski definition) is 2. The first-order valence-corrected chi connectivity index (χ1v) is 10.0. The van der Waals surface area contributed by atoms with Gasteiger partial charge in [0.15, 0.2) is 0 Å². The Morgan fingerprint density at radius 2 is 1.84 bits per heavy atom. The number of hydrogen-bond acceptors (Lipinski definition) is 4. The van der Waals surface area contributed by atoms with Gasteiger partial charge in [-0.25, -0.2) is 9.78 Å². The first-order valence-electron chi connectivity index (χ1n) is 9.63. The monoisotopic (exact) mass is 436 g/mol. The van der Waals surface area contributed by atoms with Crippen molar-refractivity contribution in [3.63, 3.8) is 0 Å². The minimum Gasteiger partial charge on any atom is -0.491 e. The quantitative estimate of drug-likeness (QED) is 0.441. The Morgan fingerprint density at radius 1 is 1.06 bits per heavy atom. The van der Waals surface area contributed by atoms with Gasteiger partial charge in [0.2, 0.25) is 0 Å². The normalized spacial score (nSPS) is 10.6. The highest BCUT2D eigenvalue weighted by molar-refractivity contribution is 6.30. The van der Waals surface area contributed by atoms with Crippen LogP contribution in [-0.2, 0) is 13.6 Å². The lowest BCUT2D eigenvalue weighted by atomic mass is 10.1. The van der Waals surface area contributed by atoms with Crippen LogP contribution >= 0.6 is 11.6 Å². The minimum absolute atomic E-state index is 0.355. The predicted octanol–water partition coefficient (Wildman–Crippen LogP) is 4.66. The van der Waals surface area contributed by atoms with Crippen molar-refractivity contribution in [1.82, 2.24) is 19.3 Å². The van der Waals surface area contributed by atoms with E-state index in [2.05, 4.69) is 20.7 Å². The standard InChI is InChI=1S/C22H21ClN6O2/c1-28-20(8-9-25-28)19-14-18(27-22(30)26-17-4-2-16(23)3-5-17)6-7-21(19)31-13-12-29-11-10-24-15-29/h2-11,14-15H,12-13H2,1H3,(H2,26,27,30). The van der Waals surface area contributed by atoms with Gasteiger partial charge in [-0.05, 0) is 48.5 Å². The molecule has 2 amide bonds. The third-order valence-corrected chi connectivity index (χ3v) is 4.85. The molecule has 0 radical (unpaired) electrons. The Bertz CT molecular complexity index is 1160. The third-order valence-electron chi connectivity index (χ3n) is 4.60. The molecule has 0 atom stereocenters. The summed E-state index contributed by atoms with van der Waals surface area (Å²) in [7, 11) is 1.86. The molecule has 0 aliphatic rings. The SMILES string of the molecule is Cn1nccc1-c1cc(NC(=O)Nc2ccc(Cl)cc2)ccc1OCCn1ccnc1. The summed E-state index contributed by atoms with van der Waals surface area (Å²) in [5, 5.41) is 10.5. The van der Waals surface area contributed by atoms with Crippen molar-refractivity contribution < 1.29 is 9.53 Å². The molecule has 0 saturated carbocycles. The lowest BCUT2D eigenvalue weighted by Gasteiger charge is -2.15. The van der Waals surface area contributed by atoms with Crippen molar-refractivity contribution in [3.05, 3.63) is 78.5 Å². The van der Waals surface area contributed by atoms with Crippen molar-refractivity contribution in [3.8, 4) is 17.0 Å². The molecule has 158 valence electrons. The second-order valence-corrected chi connectivity index (χ2v) is 7.22. The van der Waals surface area contributed by atoms with E-state index in [4.69, 9.17) is 16.3 Å². The average molecular weight is 437 g/mol. The van der Waals surface area contributed by atoms with E-state index in [-0.39, 0.29) is 6.03 Å². The maximum atomic E-state index is 12.4. The van der Waals surface area contributed by atoms with E-state index in [1.807, 2.05) is 36.0 Å². The number of carbonyl (C=O) groups is 1. The molecule has 4 aromatic rings. The van der Waals surface area contributed by atoms with Crippen molar-refractivity contribution in [1.29, 1.82) is 0 Å². The molecule has 0 aliphatic carbocycles. The van der Waals surface area contributed by atoms with Gasteiger partial charge in [0.25, 0.3) is 0 Å². The largest absolute Gasteiger partial charge is 0.491 e. The van der Waals surface area contributed by atoms with Gasteiger partial charge in [-0.3, -0.25) is 4.68 Å². The molecular formula is C22H21ClN6O2. The zero-order valence-electron chi connectivity index (χ0n) is 16.8. The lowest BCUT2D eigenvalue weighted by Crippen LogP contribution is -2.19. The molecule has 2 aromatic carbocycles. The smallest absolute Gasteiger partial charge is 0.323 e. The Hall–Kier alpha value is -3.78. The number of nitrogens with one attached hydrogen (secondary N) is 2. The second-order valence-electron chi connectivity index (χ2n) is 6.79. The van der Waals surface area contributed by atoms with E-state index in [9.17, 15) is 4.79 Å². The summed E-state index contributed by atoms with van der Waals surface area (Å²) in [6.07, 6.45) is 7.09. The molecule has 0 fully saturated rings. The van der Waals surface area contributed by atoms with Crippen molar-refractivity contribution in [2.24, 2.45) is 7.05 Å². The number of ether oxygens (including phenoxy) is 1. The van der Waals surface area contributed by atoms with Crippen molar-refractivity contribution in [2.45, 2.75) is 6.54 Å². The van der Waals surface area contributed by atoms with E-state index in [0.717, 1.165) is 11.3 Å². The molecule has 0 saturated heterocycles. The molecule has 0 aliphatic heterocycles. The molecule has 31 heavy (non-hydrogen) atoms. The number of imidazole rings is 1. The third kappa shape index (κ3) is 5.23. The van der Waals surface area contributed by atoms with Crippen molar-refractivity contribution >= 4 is 29.0 Å². The van der Waals surface area contributed by atoms with Gasteiger partial charge in [-0.15, -0.1) is 0 Å². The lowest BCUT2D eigenvalue weighted by molar-refractivity contribution is 0.262. The summed E-state index contributed by atoms with van der Waals surface area (Å²) in [5.41, 5.74) is 2.98. The van der Waals surface area contributed by atoms with Crippen LogP contribution in [0.1, 0.15) is 0 Å². The van der Waals surface area contributed by atoms with Crippen LogP contribution in [0.25, 0.3) is 11.3 Å². The zero-order valence-corrected chi connectivity index (χ0v) is 17.6. The van der Waals surface area contributed by atoms with Gasteiger partial charge >= 0.3 is 6.03 Å². The topological polar surface area (TPSA) is 86.0 Å². The van der Waals surface area contributed by atoms with Gasteiger partial charge < -0.3 is 19.9 Å². The predicted molar refractivity (Wildman–Crippen MR) is 120 cm³/mol. The van der Waals surface area contributed by atoms with E-state index < -0.39 is 0 Å². The first kappa shape index (κ1) is 20.5. The van der Waals surface area contributed by atoms with Gasteiger partial charge in [0, 0.05) is 47.6 Å². The van der Waals surface area contributed by atoms with Crippen LogP contribution in [-0.4, -0.2) is 32.0 Å². The molecule has 0 unspecified atom stereocenters. The van der Waals surface area contributed by atoms with E-state index in [1.165, 1.54) is 0 Å². The summed E-state index contributed by atoms with van der Waals surface area (Å²) in [4.78, 5) is 16.4. The fourth-order valence-corrected chi connectivity index (χ4v) is 3.20. The van der Waals surface area contributed by atoms with E-state index >= 15 is 0 Å². The van der Waals surface area contributed by atoms with Gasteiger partial charge in [0.1, 0.15) is 12.4 Å². The van der Waals surface area contributed by atoms with E-state index in [0.29, 0.717) is 35.3 Å². The van der Waals surface area contributed by atoms with Crippen LogP contribution in [0.3, 0.4) is 0 Å². The highest BCUT2D eigenvalue weighted by Gasteiger charge is 2.13. The number of halogens is 1. The van der Waals surface area contributed by atoms with Gasteiger partial charge in [-0.2, -0.15) is 5.10 Å². The number of anilines is 2. The number of carbonyl (C=O) groups excluding carboxylic acids is 1. The summed E-state index contributed by atoms with van der Waals surface area (Å²) in [6, 6.07) is 14.0. The fraction of sp³-hybridized carbons (Fsp3) is 0.136. The van der Waals surface area contributed by atoms with Crippen LogP contribution in [0.2, 0.25) is 5.02 Å². The van der Waals surface area contributed by atoms with Gasteiger partial charge in [0.05, 0.1) is 18.6 Å². The summed E-state index contributed by atoms with van der Waals surface area (Å²) < 4.78 is 9.73. The summed E-state index contributed by atoms with van der Waals surface area (Å²) in [6.45, 7) is 1.15. The summed E-state index contributed by atoms with van der Waals surface area (Å²) in [5.74, 6) is 0.701. The number of aryl methyl sites for hydroxylation is 1. The molecule has 0 spiro atoms. The molecule has 8 nitrogen and oxygen atoms in total. The molecule has 2 heterocycles.